The summed E-state index contributed by atoms with van der Waals surface area (Å²) < 4.78 is 1.73. The van der Waals surface area contributed by atoms with Crippen molar-refractivity contribution in [3.63, 3.8) is 0 Å². The van der Waals surface area contributed by atoms with E-state index in [1.165, 1.54) is 0 Å². The predicted octanol–water partition coefficient (Wildman–Crippen LogP) is 0.397. The van der Waals surface area contributed by atoms with Gasteiger partial charge in [-0.05, 0) is 37.8 Å². The number of hydrogen-bond donors (Lipinski definition) is 1. The monoisotopic (exact) mass is 236 g/mol. The second-order valence-corrected chi connectivity index (χ2v) is 4.53. The summed E-state index contributed by atoms with van der Waals surface area (Å²) in [7, 11) is 0. The van der Waals surface area contributed by atoms with Gasteiger partial charge in [-0.2, -0.15) is 5.10 Å². The molecule has 0 radical (unpaired) electrons. The number of rotatable bonds is 5. The second-order valence-electron chi connectivity index (χ2n) is 4.53. The van der Waals surface area contributed by atoms with Crippen molar-refractivity contribution in [1.82, 2.24) is 14.7 Å². The SMILES string of the molecule is NCCCc1cnn(CC(=O)N2CCCC2)c1. The highest BCUT2D eigenvalue weighted by Gasteiger charge is 2.18. The topological polar surface area (TPSA) is 64.1 Å². The molecular formula is C12H20N4O. The molecule has 2 heterocycles. The van der Waals surface area contributed by atoms with Crippen LogP contribution in [0, 0.1) is 0 Å². The van der Waals surface area contributed by atoms with E-state index in [4.69, 9.17) is 5.73 Å². The van der Waals surface area contributed by atoms with Gasteiger partial charge in [0.05, 0.1) is 6.20 Å². The zero-order chi connectivity index (χ0) is 12.1. The van der Waals surface area contributed by atoms with Crippen molar-refractivity contribution in [2.24, 2.45) is 5.73 Å². The van der Waals surface area contributed by atoms with Crippen molar-refractivity contribution >= 4 is 5.91 Å². The second kappa shape index (κ2) is 5.82. The lowest BCUT2D eigenvalue weighted by Crippen LogP contribution is -2.31. The van der Waals surface area contributed by atoms with Crippen LogP contribution in [-0.4, -0.2) is 40.2 Å². The standard InChI is InChI=1S/C12H20N4O/c13-5-3-4-11-8-14-16(9-11)10-12(17)15-6-1-2-7-15/h8-9H,1-7,10,13H2. The quantitative estimate of drug-likeness (QED) is 0.804. The average Bonchev–Trinajstić information content (AvgIpc) is 2.97. The number of carbonyl (C=O) groups is 1. The predicted molar refractivity (Wildman–Crippen MR) is 65.4 cm³/mol. The van der Waals surface area contributed by atoms with Crippen molar-refractivity contribution in [2.75, 3.05) is 19.6 Å². The van der Waals surface area contributed by atoms with E-state index in [0.29, 0.717) is 13.1 Å². The van der Waals surface area contributed by atoms with Gasteiger partial charge in [0.15, 0.2) is 0 Å². The third-order valence-corrected chi connectivity index (χ3v) is 3.11. The third kappa shape index (κ3) is 3.30. The van der Waals surface area contributed by atoms with Crippen LogP contribution in [0.25, 0.3) is 0 Å². The number of nitrogens with zero attached hydrogens (tertiary/aromatic N) is 3. The Balaban J connectivity index is 1.85. The third-order valence-electron chi connectivity index (χ3n) is 3.11. The van der Waals surface area contributed by atoms with Gasteiger partial charge in [-0.3, -0.25) is 9.48 Å². The molecule has 0 aromatic carbocycles. The summed E-state index contributed by atoms with van der Waals surface area (Å²) in [4.78, 5) is 13.8. The van der Waals surface area contributed by atoms with E-state index in [0.717, 1.165) is 44.3 Å². The molecule has 0 spiro atoms. The highest BCUT2D eigenvalue weighted by atomic mass is 16.2. The van der Waals surface area contributed by atoms with Crippen LogP contribution in [0.5, 0.6) is 0 Å². The van der Waals surface area contributed by atoms with Crippen LogP contribution in [0.15, 0.2) is 12.4 Å². The minimum absolute atomic E-state index is 0.177. The normalized spacial score (nSPS) is 15.5. The molecule has 1 aliphatic heterocycles. The summed E-state index contributed by atoms with van der Waals surface area (Å²) in [6.45, 7) is 2.86. The maximum atomic E-state index is 11.9. The number of likely N-dealkylation sites (tertiary alicyclic amines) is 1. The summed E-state index contributed by atoms with van der Waals surface area (Å²) >= 11 is 0. The molecule has 0 aliphatic carbocycles. The van der Waals surface area contributed by atoms with Gasteiger partial charge in [0.25, 0.3) is 0 Å². The van der Waals surface area contributed by atoms with Crippen LogP contribution in [-0.2, 0) is 17.8 Å². The van der Waals surface area contributed by atoms with E-state index < -0.39 is 0 Å². The number of aryl methyl sites for hydroxylation is 1. The number of nitrogens with two attached hydrogens (primary N) is 1. The summed E-state index contributed by atoms with van der Waals surface area (Å²) in [6.07, 6.45) is 7.94. The van der Waals surface area contributed by atoms with Gasteiger partial charge < -0.3 is 10.6 Å². The lowest BCUT2D eigenvalue weighted by Gasteiger charge is -2.14. The Morgan fingerprint density at radius 3 is 2.88 bits per heavy atom. The van der Waals surface area contributed by atoms with E-state index in [1.807, 2.05) is 17.3 Å². The largest absolute Gasteiger partial charge is 0.341 e. The van der Waals surface area contributed by atoms with Gasteiger partial charge in [-0.1, -0.05) is 0 Å². The number of carbonyl (C=O) groups excluding carboxylic acids is 1. The van der Waals surface area contributed by atoms with E-state index in [9.17, 15) is 4.79 Å². The minimum Gasteiger partial charge on any atom is -0.341 e. The molecule has 2 rings (SSSR count). The van der Waals surface area contributed by atoms with Crippen LogP contribution >= 0.6 is 0 Å². The lowest BCUT2D eigenvalue weighted by molar-refractivity contribution is -0.130. The van der Waals surface area contributed by atoms with E-state index in [2.05, 4.69) is 5.10 Å². The van der Waals surface area contributed by atoms with Crippen LogP contribution in [0.4, 0.5) is 0 Å². The molecule has 0 saturated carbocycles. The zero-order valence-corrected chi connectivity index (χ0v) is 10.1. The average molecular weight is 236 g/mol. The first-order valence-electron chi connectivity index (χ1n) is 6.29. The molecule has 1 saturated heterocycles. The van der Waals surface area contributed by atoms with Gasteiger partial charge in [-0.15, -0.1) is 0 Å². The molecular weight excluding hydrogens is 216 g/mol. The Labute approximate surface area is 102 Å². The molecule has 0 unspecified atom stereocenters. The van der Waals surface area contributed by atoms with Gasteiger partial charge >= 0.3 is 0 Å². The highest BCUT2D eigenvalue weighted by Crippen LogP contribution is 2.08. The van der Waals surface area contributed by atoms with Gasteiger partial charge in [-0.25, -0.2) is 0 Å². The highest BCUT2D eigenvalue weighted by molar-refractivity contribution is 5.76. The smallest absolute Gasteiger partial charge is 0.244 e. The number of hydrogen-bond acceptors (Lipinski definition) is 3. The molecule has 1 aliphatic rings. The molecule has 1 aromatic heterocycles. The van der Waals surface area contributed by atoms with E-state index in [1.54, 1.807) is 4.68 Å². The van der Waals surface area contributed by atoms with Crippen LogP contribution in [0.1, 0.15) is 24.8 Å². The molecule has 5 heteroatoms. The molecule has 17 heavy (non-hydrogen) atoms. The van der Waals surface area contributed by atoms with Crippen LogP contribution < -0.4 is 5.73 Å². The first kappa shape index (κ1) is 12.1. The Hall–Kier alpha value is -1.36. The number of aromatic nitrogens is 2. The number of amides is 1. The fourth-order valence-corrected chi connectivity index (χ4v) is 2.13. The van der Waals surface area contributed by atoms with Crippen molar-refractivity contribution in [1.29, 1.82) is 0 Å². The summed E-state index contributed by atoms with van der Waals surface area (Å²) in [6, 6.07) is 0. The van der Waals surface area contributed by atoms with E-state index >= 15 is 0 Å². The van der Waals surface area contributed by atoms with Gasteiger partial charge in [0.1, 0.15) is 6.54 Å². The summed E-state index contributed by atoms with van der Waals surface area (Å²) in [5.74, 6) is 0.177. The fourth-order valence-electron chi connectivity index (χ4n) is 2.13. The Morgan fingerprint density at radius 2 is 2.18 bits per heavy atom. The van der Waals surface area contributed by atoms with Crippen LogP contribution in [0.2, 0.25) is 0 Å². The Bertz CT molecular complexity index is 368. The first-order valence-corrected chi connectivity index (χ1v) is 6.29. The summed E-state index contributed by atoms with van der Waals surface area (Å²) in [5.41, 5.74) is 6.62. The Morgan fingerprint density at radius 1 is 1.41 bits per heavy atom. The molecule has 1 amide bonds. The summed E-state index contributed by atoms with van der Waals surface area (Å²) in [5, 5.41) is 4.21. The molecule has 1 aromatic rings. The maximum Gasteiger partial charge on any atom is 0.244 e. The molecule has 0 atom stereocenters. The maximum absolute atomic E-state index is 11.9. The van der Waals surface area contributed by atoms with Crippen molar-refractivity contribution in [3.05, 3.63) is 18.0 Å². The van der Waals surface area contributed by atoms with Crippen LogP contribution in [0.3, 0.4) is 0 Å². The molecule has 0 bridgehead atoms. The van der Waals surface area contributed by atoms with Gasteiger partial charge in [0.2, 0.25) is 5.91 Å². The lowest BCUT2D eigenvalue weighted by atomic mass is 10.2. The molecule has 2 N–H and O–H groups in total. The minimum atomic E-state index is 0.177. The fraction of sp³-hybridized carbons (Fsp3) is 0.667. The van der Waals surface area contributed by atoms with E-state index in [-0.39, 0.29) is 5.91 Å². The van der Waals surface area contributed by atoms with Crippen molar-refractivity contribution in [2.45, 2.75) is 32.2 Å². The molecule has 5 nitrogen and oxygen atoms in total. The van der Waals surface area contributed by atoms with Gasteiger partial charge in [0, 0.05) is 19.3 Å². The molecule has 1 fully saturated rings. The Kier molecular flexibility index (Phi) is 4.14. The molecule has 94 valence electrons. The van der Waals surface area contributed by atoms with Crippen molar-refractivity contribution < 1.29 is 4.79 Å². The first-order chi connectivity index (χ1) is 8.29. The van der Waals surface area contributed by atoms with Crippen molar-refractivity contribution in [3.8, 4) is 0 Å². The zero-order valence-electron chi connectivity index (χ0n) is 10.1.